The number of imide groups is 1. The van der Waals surface area contributed by atoms with Crippen molar-refractivity contribution in [3.8, 4) is 0 Å². The summed E-state index contributed by atoms with van der Waals surface area (Å²) in [5.41, 5.74) is 0.979. The lowest BCUT2D eigenvalue weighted by molar-refractivity contribution is -0.133. The van der Waals surface area contributed by atoms with E-state index in [0.717, 1.165) is 22.2 Å². The zero-order valence-electron chi connectivity index (χ0n) is 16.7. The summed E-state index contributed by atoms with van der Waals surface area (Å²) in [6.45, 7) is 2.18. The van der Waals surface area contributed by atoms with Crippen molar-refractivity contribution in [2.75, 3.05) is 24.6 Å². The summed E-state index contributed by atoms with van der Waals surface area (Å²) < 4.78 is 23.4. The van der Waals surface area contributed by atoms with E-state index in [1.807, 2.05) is 36.4 Å². The fraction of sp³-hybridized carbons (Fsp3) is 0.381. The van der Waals surface area contributed by atoms with Crippen molar-refractivity contribution < 1.29 is 22.8 Å². The van der Waals surface area contributed by atoms with Gasteiger partial charge in [-0.1, -0.05) is 42.5 Å². The summed E-state index contributed by atoms with van der Waals surface area (Å²) in [6.07, 6.45) is 5.57. The van der Waals surface area contributed by atoms with E-state index in [1.165, 1.54) is 0 Å². The van der Waals surface area contributed by atoms with Gasteiger partial charge < -0.3 is 4.90 Å². The number of sulfone groups is 1. The number of thioether (sulfide) groups is 1. The van der Waals surface area contributed by atoms with Gasteiger partial charge in [-0.3, -0.25) is 19.3 Å². The number of carbonyl (C=O) groups is 3. The number of rotatable bonds is 7. The molecule has 160 valence electrons. The fourth-order valence-electron chi connectivity index (χ4n) is 3.53. The average Bonchev–Trinajstić information content (AvgIpc) is 3.20. The van der Waals surface area contributed by atoms with E-state index in [-0.39, 0.29) is 36.4 Å². The minimum atomic E-state index is -3.10. The monoisotopic (exact) mass is 448 g/mol. The van der Waals surface area contributed by atoms with Gasteiger partial charge in [-0.25, -0.2) is 8.42 Å². The molecule has 1 atom stereocenters. The predicted octanol–water partition coefficient (Wildman–Crippen LogP) is 2.70. The third kappa shape index (κ3) is 5.40. The summed E-state index contributed by atoms with van der Waals surface area (Å²) in [4.78, 5) is 40.3. The lowest BCUT2D eigenvalue weighted by atomic mass is 10.2. The standard InChI is InChI=1S/C21H24N2O5S2/c1-2-22(17-12-14-30(27,28)15-17)19(24)11-13-23-20(25)18(29-21(23)26)10-6-9-16-7-4-3-5-8-16/h3-10,17H,2,11-15H2,1H3/b9-6+,18-10+/t17-/m0/s1. The number of nitrogens with zero attached hydrogens (tertiary/aromatic N) is 2. The number of amides is 3. The quantitative estimate of drug-likeness (QED) is 0.596. The van der Waals surface area contributed by atoms with Crippen molar-refractivity contribution >= 4 is 44.7 Å². The molecule has 9 heteroatoms. The van der Waals surface area contributed by atoms with Gasteiger partial charge in [-0.15, -0.1) is 0 Å². The van der Waals surface area contributed by atoms with Crippen LogP contribution in [0.25, 0.3) is 6.08 Å². The van der Waals surface area contributed by atoms with Crippen molar-refractivity contribution in [3.63, 3.8) is 0 Å². The maximum Gasteiger partial charge on any atom is 0.293 e. The highest BCUT2D eigenvalue weighted by Gasteiger charge is 2.37. The minimum Gasteiger partial charge on any atom is -0.339 e. The normalized spacial score (nSPS) is 22.4. The molecule has 0 N–H and O–H groups in total. The summed E-state index contributed by atoms with van der Waals surface area (Å²) >= 11 is 0.851. The second-order valence-corrected chi connectivity index (χ2v) is 10.3. The zero-order valence-corrected chi connectivity index (χ0v) is 18.3. The second-order valence-electron chi connectivity index (χ2n) is 7.11. The van der Waals surface area contributed by atoms with Crippen LogP contribution in [0.1, 0.15) is 25.3 Å². The third-order valence-electron chi connectivity index (χ3n) is 5.07. The van der Waals surface area contributed by atoms with Crippen LogP contribution in [0.4, 0.5) is 4.79 Å². The molecular weight excluding hydrogens is 424 g/mol. The van der Waals surface area contributed by atoms with Crippen LogP contribution >= 0.6 is 11.8 Å². The van der Waals surface area contributed by atoms with E-state index in [2.05, 4.69) is 0 Å². The van der Waals surface area contributed by atoms with Gasteiger partial charge in [0.25, 0.3) is 11.1 Å². The smallest absolute Gasteiger partial charge is 0.293 e. The molecule has 7 nitrogen and oxygen atoms in total. The van der Waals surface area contributed by atoms with Crippen LogP contribution in [0.2, 0.25) is 0 Å². The predicted molar refractivity (Wildman–Crippen MR) is 117 cm³/mol. The van der Waals surface area contributed by atoms with Crippen LogP contribution in [0, 0.1) is 0 Å². The Labute approximate surface area is 180 Å². The van der Waals surface area contributed by atoms with Gasteiger partial charge in [0.1, 0.15) is 0 Å². The Morgan fingerprint density at radius 1 is 1.27 bits per heavy atom. The van der Waals surface area contributed by atoms with Crippen molar-refractivity contribution in [1.82, 2.24) is 9.80 Å². The number of carbonyl (C=O) groups excluding carboxylic acids is 3. The molecule has 2 fully saturated rings. The molecule has 0 spiro atoms. The molecule has 0 unspecified atom stereocenters. The molecule has 0 bridgehead atoms. The van der Waals surface area contributed by atoms with Gasteiger partial charge in [-0.2, -0.15) is 0 Å². The largest absolute Gasteiger partial charge is 0.339 e. The Hall–Kier alpha value is -2.39. The highest BCUT2D eigenvalue weighted by molar-refractivity contribution is 8.18. The topological polar surface area (TPSA) is 91.8 Å². The van der Waals surface area contributed by atoms with E-state index < -0.39 is 21.0 Å². The minimum absolute atomic E-state index is 0.0147. The van der Waals surface area contributed by atoms with Gasteiger partial charge in [0.2, 0.25) is 5.91 Å². The van der Waals surface area contributed by atoms with Crippen molar-refractivity contribution in [1.29, 1.82) is 0 Å². The van der Waals surface area contributed by atoms with E-state index in [1.54, 1.807) is 24.0 Å². The Morgan fingerprint density at radius 3 is 2.63 bits per heavy atom. The maximum absolute atomic E-state index is 12.6. The highest BCUT2D eigenvalue weighted by Crippen LogP contribution is 2.31. The van der Waals surface area contributed by atoms with Crippen LogP contribution in [0.15, 0.2) is 47.4 Å². The van der Waals surface area contributed by atoms with Gasteiger partial charge in [0.05, 0.1) is 16.4 Å². The average molecular weight is 449 g/mol. The van der Waals surface area contributed by atoms with Crippen LogP contribution in [0.3, 0.4) is 0 Å². The Kier molecular flexibility index (Phi) is 7.14. The van der Waals surface area contributed by atoms with Gasteiger partial charge in [-0.05, 0) is 36.7 Å². The lowest BCUT2D eigenvalue weighted by Crippen LogP contribution is -2.42. The van der Waals surface area contributed by atoms with E-state index in [0.29, 0.717) is 17.9 Å². The lowest BCUT2D eigenvalue weighted by Gasteiger charge is -2.27. The highest BCUT2D eigenvalue weighted by atomic mass is 32.2. The SMILES string of the molecule is CCN(C(=O)CCN1C(=O)S/C(=C/C=C/c2ccccc2)C1=O)[C@H]1CCS(=O)(=O)C1. The molecular formula is C21H24N2O5S2. The summed E-state index contributed by atoms with van der Waals surface area (Å²) in [5, 5.41) is -0.404. The Morgan fingerprint density at radius 2 is 2.00 bits per heavy atom. The molecule has 0 radical (unpaired) electrons. The first kappa shape index (κ1) is 22.3. The van der Waals surface area contributed by atoms with Crippen LogP contribution in [-0.4, -0.2) is 65.9 Å². The molecule has 30 heavy (non-hydrogen) atoms. The molecule has 2 aliphatic rings. The van der Waals surface area contributed by atoms with E-state index in [4.69, 9.17) is 0 Å². The van der Waals surface area contributed by atoms with E-state index in [9.17, 15) is 22.8 Å². The van der Waals surface area contributed by atoms with Gasteiger partial charge in [0, 0.05) is 25.6 Å². The third-order valence-corrected chi connectivity index (χ3v) is 7.74. The molecule has 0 aliphatic carbocycles. The molecule has 3 amide bonds. The fourth-order valence-corrected chi connectivity index (χ4v) is 6.08. The maximum atomic E-state index is 12.6. The molecule has 3 rings (SSSR count). The van der Waals surface area contributed by atoms with Crippen molar-refractivity contribution in [2.45, 2.75) is 25.8 Å². The number of allylic oxidation sites excluding steroid dienone is 2. The Bertz CT molecular complexity index is 986. The van der Waals surface area contributed by atoms with Gasteiger partial charge in [0.15, 0.2) is 9.84 Å². The summed E-state index contributed by atoms with van der Waals surface area (Å²) in [5.74, 6) is -0.593. The molecule has 0 aromatic heterocycles. The van der Waals surface area contributed by atoms with Gasteiger partial charge >= 0.3 is 0 Å². The molecule has 2 saturated heterocycles. The molecule has 1 aromatic carbocycles. The summed E-state index contributed by atoms with van der Waals surface area (Å²) in [6, 6.07) is 9.25. The first-order valence-electron chi connectivity index (χ1n) is 9.77. The molecule has 2 heterocycles. The Balaban J connectivity index is 1.58. The first-order valence-corrected chi connectivity index (χ1v) is 12.4. The van der Waals surface area contributed by atoms with Crippen LogP contribution < -0.4 is 0 Å². The van der Waals surface area contributed by atoms with Crippen LogP contribution in [0.5, 0.6) is 0 Å². The second kappa shape index (κ2) is 9.61. The molecule has 1 aromatic rings. The number of benzene rings is 1. The number of hydrogen-bond donors (Lipinski definition) is 0. The first-order chi connectivity index (χ1) is 14.3. The zero-order chi connectivity index (χ0) is 21.7. The molecule has 0 saturated carbocycles. The summed E-state index contributed by atoms with van der Waals surface area (Å²) in [7, 11) is -3.10. The number of hydrogen-bond acceptors (Lipinski definition) is 6. The van der Waals surface area contributed by atoms with Crippen molar-refractivity contribution in [2.24, 2.45) is 0 Å². The van der Waals surface area contributed by atoms with E-state index >= 15 is 0 Å². The van der Waals surface area contributed by atoms with Crippen molar-refractivity contribution in [3.05, 3.63) is 53.0 Å². The molecule has 2 aliphatic heterocycles. The van der Waals surface area contributed by atoms with Crippen LogP contribution in [-0.2, 0) is 19.4 Å².